The highest BCUT2D eigenvalue weighted by Crippen LogP contribution is 2.15. The van der Waals surface area contributed by atoms with E-state index in [0.717, 1.165) is 62.9 Å². The lowest BCUT2D eigenvalue weighted by atomic mass is 10.2. The lowest BCUT2D eigenvalue weighted by Crippen LogP contribution is -2.47. The van der Waals surface area contributed by atoms with E-state index >= 15 is 0 Å². The van der Waals surface area contributed by atoms with Gasteiger partial charge in [-0.25, -0.2) is 0 Å². The first-order chi connectivity index (χ1) is 10.8. The maximum Gasteiger partial charge on any atom is 0.119 e. The molecule has 2 rings (SSSR count). The molecule has 0 amide bonds. The molecule has 0 unspecified atom stereocenters. The molecule has 120 valence electrons. The highest BCUT2D eigenvalue weighted by Gasteiger charge is 2.15. The maximum atomic E-state index is 8.53. The molecular formula is C17H24ClN3O. The van der Waals surface area contributed by atoms with Gasteiger partial charge in [-0.2, -0.15) is 5.26 Å². The van der Waals surface area contributed by atoms with E-state index in [1.807, 2.05) is 24.3 Å². The Balaban J connectivity index is 1.55. The highest BCUT2D eigenvalue weighted by molar-refractivity contribution is 6.30. The van der Waals surface area contributed by atoms with Crippen molar-refractivity contribution in [1.82, 2.24) is 9.80 Å². The minimum absolute atomic E-state index is 0.683. The second-order valence-corrected chi connectivity index (χ2v) is 6.04. The molecule has 0 saturated carbocycles. The third kappa shape index (κ3) is 6.23. The number of unbranched alkanes of at least 4 members (excludes halogenated alkanes) is 2. The van der Waals surface area contributed by atoms with E-state index in [1.165, 1.54) is 0 Å². The zero-order valence-corrected chi connectivity index (χ0v) is 13.8. The van der Waals surface area contributed by atoms with Crippen LogP contribution in [-0.4, -0.2) is 55.7 Å². The topological polar surface area (TPSA) is 39.5 Å². The molecule has 0 bridgehead atoms. The number of halogens is 1. The van der Waals surface area contributed by atoms with Gasteiger partial charge in [0.05, 0.1) is 6.07 Å². The average Bonchev–Trinajstić information content (AvgIpc) is 2.55. The van der Waals surface area contributed by atoms with Gasteiger partial charge in [0, 0.05) is 44.2 Å². The molecule has 4 nitrogen and oxygen atoms in total. The van der Waals surface area contributed by atoms with Crippen molar-refractivity contribution in [2.24, 2.45) is 0 Å². The van der Waals surface area contributed by atoms with Crippen LogP contribution in [0.3, 0.4) is 0 Å². The average molecular weight is 322 g/mol. The molecule has 22 heavy (non-hydrogen) atoms. The fourth-order valence-corrected chi connectivity index (χ4v) is 2.73. The van der Waals surface area contributed by atoms with Crippen molar-refractivity contribution in [3.05, 3.63) is 29.3 Å². The molecule has 1 aromatic rings. The van der Waals surface area contributed by atoms with Crippen molar-refractivity contribution in [1.29, 1.82) is 5.26 Å². The van der Waals surface area contributed by atoms with Crippen LogP contribution < -0.4 is 4.74 Å². The molecule has 5 heteroatoms. The van der Waals surface area contributed by atoms with Gasteiger partial charge in [0.1, 0.15) is 12.4 Å². The van der Waals surface area contributed by atoms with Gasteiger partial charge in [-0.3, -0.25) is 4.90 Å². The molecule has 1 aliphatic rings. The van der Waals surface area contributed by atoms with E-state index in [-0.39, 0.29) is 0 Å². The quantitative estimate of drug-likeness (QED) is 0.690. The number of nitrogens with zero attached hydrogens (tertiary/aromatic N) is 3. The number of benzene rings is 1. The fourth-order valence-electron chi connectivity index (χ4n) is 2.60. The lowest BCUT2D eigenvalue weighted by Gasteiger charge is -2.34. The third-order valence-electron chi connectivity index (χ3n) is 3.97. The summed E-state index contributed by atoms with van der Waals surface area (Å²) in [6.45, 7) is 7.23. The smallest absolute Gasteiger partial charge is 0.119 e. The number of piperazine rings is 1. The Kier molecular flexibility index (Phi) is 7.51. The molecule has 1 heterocycles. The van der Waals surface area contributed by atoms with Crippen molar-refractivity contribution in [3.63, 3.8) is 0 Å². The van der Waals surface area contributed by atoms with E-state index in [1.54, 1.807) is 0 Å². The molecule has 0 spiro atoms. The number of ether oxygens (including phenoxy) is 1. The van der Waals surface area contributed by atoms with Gasteiger partial charge in [-0.05, 0) is 43.7 Å². The number of hydrogen-bond acceptors (Lipinski definition) is 4. The van der Waals surface area contributed by atoms with Gasteiger partial charge in [0.2, 0.25) is 0 Å². The van der Waals surface area contributed by atoms with Crippen LogP contribution in [0, 0.1) is 11.3 Å². The summed E-state index contributed by atoms with van der Waals surface area (Å²) in [6.07, 6.45) is 2.83. The van der Waals surface area contributed by atoms with Crippen molar-refractivity contribution >= 4 is 11.6 Å². The van der Waals surface area contributed by atoms with Crippen molar-refractivity contribution in [3.8, 4) is 11.8 Å². The first-order valence-electron chi connectivity index (χ1n) is 7.98. The Bertz CT molecular complexity index is 464. The summed E-state index contributed by atoms with van der Waals surface area (Å²) >= 11 is 5.85. The fraction of sp³-hybridized carbons (Fsp3) is 0.588. The van der Waals surface area contributed by atoms with E-state index in [0.29, 0.717) is 13.0 Å². The van der Waals surface area contributed by atoms with Crippen LogP contribution in [0.2, 0.25) is 5.02 Å². The van der Waals surface area contributed by atoms with Gasteiger partial charge in [-0.1, -0.05) is 11.6 Å². The predicted molar refractivity (Wildman–Crippen MR) is 89.3 cm³/mol. The number of rotatable bonds is 8. The van der Waals surface area contributed by atoms with Crippen molar-refractivity contribution in [2.75, 3.05) is 45.9 Å². The van der Waals surface area contributed by atoms with Crippen LogP contribution in [-0.2, 0) is 0 Å². The van der Waals surface area contributed by atoms with Crippen LogP contribution in [0.4, 0.5) is 0 Å². The van der Waals surface area contributed by atoms with Crippen LogP contribution in [0.15, 0.2) is 24.3 Å². The van der Waals surface area contributed by atoms with E-state index in [2.05, 4.69) is 15.9 Å². The Morgan fingerprint density at radius 1 is 1.00 bits per heavy atom. The van der Waals surface area contributed by atoms with Crippen LogP contribution in [0.25, 0.3) is 0 Å². The van der Waals surface area contributed by atoms with Crippen LogP contribution >= 0.6 is 11.6 Å². The minimum Gasteiger partial charge on any atom is -0.492 e. The summed E-state index contributed by atoms with van der Waals surface area (Å²) in [5, 5.41) is 9.26. The Morgan fingerprint density at radius 2 is 1.64 bits per heavy atom. The summed E-state index contributed by atoms with van der Waals surface area (Å²) in [7, 11) is 0. The highest BCUT2D eigenvalue weighted by atomic mass is 35.5. The second kappa shape index (κ2) is 9.68. The number of hydrogen-bond donors (Lipinski definition) is 0. The zero-order valence-electron chi connectivity index (χ0n) is 13.0. The summed E-state index contributed by atoms with van der Waals surface area (Å²) in [6, 6.07) is 9.71. The molecule has 0 N–H and O–H groups in total. The zero-order chi connectivity index (χ0) is 15.6. The molecule has 1 aliphatic heterocycles. The van der Waals surface area contributed by atoms with Gasteiger partial charge >= 0.3 is 0 Å². The summed E-state index contributed by atoms with van der Waals surface area (Å²) < 4.78 is 5.74. The first-order valence-corrected chi connectivity index (χ1v) is 8.36. The van der Waals surface area contributed by atoms with Gasteiger partial charge in [0.15, 0.2) is 0 Å². The molecule has 1 fully saturated rings. The molecular weight excluding hydrogens is 298 g/mol. The minimum atomic E-state index is 0.683. The molecule has 1 saturated heterocycles. The third-order valence-corrected chi connectivity index (χ3v) is 4.22. The Hall–Kier alpha value is -1.28. The summed E-state index contributed by atoms with van der Waals surface area (Å²) in [4.78, 5) is 4.94. The van der Waals surface area contributed by atoms with E-state index in [9.17, 15) is 0 Å². The van der Waals surface area contributed by atoms with Gasteiger partial charge < -0.3 is 9.64 Å². The first kappa shape index (κ1) is 17.1. The maximum absolute atomic E-state index is 8.53. The largest absolute Gasteiger partial charge is 0.492 e. The summed E-state index contributed by atoms with van der Waals surface area (Å²) in [5.74, 6) is 0.875. The molecule has 0 aromatic heterocycles. The second-order valence-electron chi connectivity index (χ2n) is 5.60. The van der Waals surface area contributed by atoms with Crippen molar-refractivity contribution in [2.45, 2.75) is 19.3 Å². The van der Waals surface area contributed by atoms with E-state index in [4.69, 9.17) is 21.6 Å². The number of nitriles is 1. The van der Waals surface area contributed by atoms with Gasteiger partial charge in [-0.15, -0.1) is 0 Å². The SMILES string of the molecule is N#CCCCCN1CCN(CCOc2ccc(Cl)cc2)CC1. The van der Waals surface area contributed by atoms with Crippen LogP contribution in [0.5, 0.6) is 5.75 Å². The molecule has 1 aromatic carbocycles. The predicted octanol–water partition coefficient (Wildman–Crippen LogP) is 3.03. The molecule has 0 radical (unpaired) electrons. The normalized spacial score (nSPS) is 16.4. The summed E-state index contributed by atoms with van der Waals surface area (Å²) in [5.41, 5.74) is 0. The molecule has 0 aliphatic carbocycles. The van der Waals surface area contributed by atoms with E-state index < -0.39 is 0 Å². The monoisotopic (exact) mass is 321 g/mol. The van der Waals surface area contributed by atoms with Gasteiger partial charge in [0.25, 0.3) is 0 Å². The molecule has 0 atom stereocenters. The Morgan fingerprint density at radius 3 is 2.27 bits per heavy atom. The standard InChI is InChI=1S/C17H24ClN3O/c18-16-4-6-17(7-5-16)22-15-14-21-12-10-20(11-13-21)9-3-1-2-8-19/h4-7H,1-3,9-15H2. The van der Waals surface area contributed by atoms with Crippen LogP contribution in [0.1, 0.15) is 19.3 Å². The Labute approximate surface area is 138 Å². The van der Waals surface area contributed by atoms with Crippen molar-refractivity contribution < 1.29 is 4.74 Å². The lowest BCUT2D eigenvalue weighted by molar-refractivity contribution is 0.116.